The van der Waals surface area contributed by atoms with Gasteiger partial charge in [-0.2, -0.15) is 0 Å². The number of carbonyl (C=O) groups excluding carboxylic acids is 12. The van der Waals surface area contributed by atoms with Crippen molar-refractivity contribution >= 4 is 107 Å². The van der Waals surface area contributed by atoms with E-state index in [1.54, 1.807) is 48.5 Å². The van der Waals surface area contributed by atoms with Gasteiger partial charge < -0.3 is 68.3 Å². The van der Waals surface area contributed by atoms with Gasteiger partial charge in [0.05, 0.1) is 73.0 Å². The lowest BCUT2D eigenvalue weighted by Crippen LogP contribution is -2.42. The minimum atomic E-state index is -2.09. The third-order valence-corrected chi connectivity index (χ3v) is 21.0. The molecule has 4 atom stereocenters. The molecule has 6 rings (SSSR count). The highest BCUT2D eigenvalue weighted by Gasteiger charge is 2.42. The first-order valence-corrected chi connectivity index (χ1v) is 43.6. The van der Waals surface area contributed by atoms with Gasteiger partial charge in [0.25, 0.3) is 0 Å². The fourth-order valence-electron chi connectivity index (χ4n) is 12.8. The quantitative estimate of drug-likeness (QED) is 0.00894. The van der Waals surface area contributed by atoms with Gasteiger partial charge in [-0.05, 0) is 201 Å². The summed E-state index contributed by atoms with van der Waals surface area (Å²) >= 11 is 0. The highest BCUT2D eigenvalue weighted by molar-refractivity contribution is 5.96. The first-order valence-electron chi connectivity index (χ1n) is 43.6. The van der Waals surface area contributed by atoms with E-state index in [-0.39, 0.29) is 96.7 Å². The molecule has 4 unspecified atom stereocenters. The second-order valence-corrected chi connectivity index (χ2v) is 31.8. The average molecular weight is 1740 g/mol. The van der Waals surface area contributed by atoms with Crippen molar-refractivity contribution < 1.29 is 114 Å². The van der Waals surface area contributed by atoms with E-state index in [1.165, 1.54) is 129 Å². The predicted octanol–water partition coefficient (Wildman–Crippen LogP) is 19.0. The number of anilines is 2. The van der Waals surface area contributed by atoms with Crippen LogP contribution in [0.15, 0.2) is 158 Å². The molecule has 0 radical (unpaired) electrons. The van der Waals surface area contributed by atoms with Crippen molar-refractivity contribution in [2.45, 2.75) is 185 Å². The van der Waals surface area contributed by atoms with Crippen LogP contribution in [0, 0.1) is 34.5 Å². The van der Waals surface area contributed by atoms with Crippen molar-refractivity contribution in [3.63, 3.8) is 0 Å². The molecule has 0 aromatic heterocycles. The van der Waals surface area contributed by atoms with Gasteiger partial charge in [0, 0.05) is 41.7 Å². The summed E-state index contributed by atoms with van der Waals surface area (Å²) in [6.45, 7) is 16.9. The summed E-state index contributed by atoms with van der Waals surface area (Å²) in [4.78, 5) is 164. The Morgan fingerprint density at radius 2 is 0.532 bits per heavy atom. The summed E-state index contributed by atoms with van der Waals surface area (Å²) < 4.78 is 68.4. The topological polar surface area (TPSA) is 368 Å². The van der Waals surface area contributed by atoms with Gasteiger partial charge in [-0.15, -0.1) is 0 Å². The minimum absolute atomic E-state index is 0.0204. The van der Waals surface area contributed by atoms with Crippen LogP contribution in [-0.4, -0.2) is 138 Å². The summed E-state index contributed by atoms with van der Waals surface area (Å²) in [5.41, 5.74) is 10.3. The maximum Gasteiger partial charge on any atom is 0.338 e. The van der Waals surface area contributed by atoms with Crippen molar-refractivity contribution in [1.82, 2.24) is 0 Å². The monoisotopic (exact) mass is 1740 g/mol. The van der Waals surface area contributed by atoms with Gasteiger partial charge >= 0.3 is 71.6 Å². The van der Waals surface area contributed by atoms with Crippen molar-refractivity contribution in [2.24, 2.45) is 34.5 Å². The predicted molar refractivity (Wildman–Crippen MR) is 479 cm³/mol. The van der Waals surface area contributed by atoms with Crippen molar-refractivity contribution in [3.8, 4) is 11.5 Å². The minimum Gasteiger partial charge on any atom is -0.462 e. The average Bonchev–Trinajstić information content (AvgIpc) is 0.813. The number of benzene rings is 6. The van der Waals surface area contributed by atoms with Crippen LogP contribution < -0.4 is 20.9 Å². The fraction of sp³-hybridized carbons (Fsp3) is 0.440. The van der Waals surface area contributed by atoms with E-state index in [0.29, 0.717) is 65.7 Å². The first kappa shape index (κ1) is 102. The zero-order valence-electron chi connectivity index (χ0n) is 74.4. The van der Waals surface area contributed by atoms with Crippen LogP contribution in [0.5, 0.6) is 11.5 Å². The summed E-state index contributed by atoms with van der Waals surface area (Å²) in [5.74, 6) is -9.82. The largest absolute Gasteiger partial charge is 0.462 e. The van der Waals surface area contributed by atoms with E-state index in [4.69, 9.17) is 68.3 Å². The lowest BCUT2D eigenvalue weighted by Gasteiger charge is -2.27. The van der Waals surface area contributed by atoms with E-state index in [0.717, 1.165) is 102 Å². The Balaban J connectivity index is 1.31. The number of rotatable bonds is 55. The second-order valence-electron chi connectivity index (χ2n) is 31.8. The van der Waals surface area contributed by atoms with Crippen molar-refractivity contribution in [2.75, 3.05) is 77.5 Å². The zero-order chi connectivity index (χ0) is 91.8. The van der Waals surface area contributed by atoms with Gasteiger partial charge in [-0.3, -0.25) is 9.59 Å². The highest BCUT2D eigenvalue weighted by Crippen LogP contribution is 2.32. The molecule has 0 aliphatic carbocycles. The molecule has 4 N–H and O–H groups in total. The van der Waals surface area contributed by atoms with Crippen LogP contribution in [-0.2, 0) is 76.1 Å². The Kier molecular flexibility index (Phi) is 44.7. The Morgan fingerprint density at radius 1 is 0.294 bits per heavy atom. The summed E-state index contributed by atoms with van der Waals surface area (Å²) in [7, 11) is 0. The fourth-order valence-corrected chi connectivity index (χ4v) is 12.8. The smallest absolute Gasteiger partial charge is 0.338 e. The molecule has 26 nitrogen and oxygen atoms in total. The van der Waals surface area contributed by atoms with Crippen molar-refractivity contribution in [3.05, 3.63) is 213 Å². The molecular formula is C100H124N2O24. The lowest BCUT2D eigenvalue weighted by molar-refractivity contribution is -0.150. The van der Waals surface area contributed by atoms with Crippen LogP contribution >= 0.6 is 0 Å². The van der Waals surface area contributed by atoms with E-state index < -0.39 is 120 Å². The molecule has 0 saturated heterocycles. The molecule has 0 bridgehead atoms. The maximum atomic E-state index is 15.1. The molecule has 6 aromatic carbocycles. The van der Waals surface area contributed by atoms with Crippen LogP contribution in [0.2, 0.25) is 0 Å². The van der Waals surface area contributed by atoms with Gasteiger partial charge in [0.2, 0.25) is 0 Å². The van der Waals surface area contributed by atoms with Crippen molar-refractivity contribution in [1.29, 1.82) is 0 Å². The third kappa shape index (κ3) is 36.8. The Hall–Kier alpha value is -12.5. The molecule has 126 heavy (non-hydrogen) atoms. The van der Waals surface area contributed by atoms with E-state index >= 15 is 9.59 Å². The number of nitrogens with two attached hydrogens (primary N) is 2. The maximum absolute atomic E-state index is 15.1. The summed E-state index contributed by atoms with van der Waals surface area (Å²) in [6.07, 6.45) is 25.8. The molecule has 0 aliphatic rings. The number of esters is 12. The zero-order valence-corrected chi connectivity index (χ0v) is 74.4. The van der Waals surface area contributed by atoms with Gasteiger partial charge in [-0.1, -0.05) is 181 Å². The number of nitrogen functional groups attached to an aromatic ring is 2. The number of ether oxygens (including phenoxy) is 12. The van der Waals surface area contributed by atoms with Crippen LogP contribution in [0.3, 0.4) is 0 Å². The standard InChI is InChI=1S/C100H124N2O24/c1-11-25-69(15-5)61-117-87(103)49-37-73-29-41-77(42-30-73)91(107)121-65-99(9,66-122-92(108)78-43-31-74(32-44-78)38-50-88(104)118-62-70(16-6)26-12-2)97(113)125-85-57-82(96(112)116-54-24-22-20-19-21-23-53-115-95(111)81-55-83(101)59-84(102)56-81)58-86(60-85)126-98(114)100(10,67-123-93(109)79-45-33-75(34-46-79)39-51-89(105)119-63-71(17-7)27-13-3)68-124-94(110)80-47-35-76(36-48-80)40-52-90(106)120-64-72(18-8)28-14-4/h29-52,55-60,69-72H,11-28,53-54,61-68,101-102H2,1-10H3. The Morgan fingerprint density at radius 3 is 0.778 bits per heavy atom. The van der Waals surface area contributed by atoms with Gasteiger partial charge in [0.15, 0.2) is 0 Å². The van der Waals surface area contributed by atoms with E-state index in [2.05, 4.69) is 27.7 Å². The number of hydrogen-bond acceptors (Lipinski definition) is 26. The molecule has 0 aliphatic heterocycles. The normalized spacial score (nSPS) is 13.3. The molecule has 0 heterocycles. The molecule has 0 amide bonds. The summed E-state index contributed by atoms with van der Waals surface area (Å²) in [6, 6.07) is 31.7. The van der Waals surface area contributed by atoms with E-state index in [1.807, 2.05) is 27.7 Å². The number of unbranched alkanes of at least 4 members (excludes halogenated alkanes) is 5. The lowest BCUT2D eigenvalue weighted by atomic mass is 9.93. The second kappa shape index (κ2) is 55.0. The molecule has 678 valence electrons. The SMILES string of the molecule is CCCC(CC)COC(=O)C=Cc1ccc(C(=O)OCC(C)(COC(=O)c2ccc(C=CC(=O)OCC(CC)CCC)cc2)C(=O)Oc2cc(OC(=O)C(C)(COC(=O)c3ccc(C=CC(=O)OCC(CC)CCC)cc3)COC(=O)c3ccc(C=CC(=O)OCC(CC)CCC)cc3)cc(C(=O)OCCCCCCCCOC(=O)c3cc(N)cc(N)c3)c2)cc1. The van der Waals surface area contributed by atoms with Crippen LogP contribution in [0.1, 0.15) is 269 Å². The molecule has 0 fully saturated rings. The number of carbonyl (C=O) groups is 12. The van der Waals surface area contributed by atoms with Crippen LogP contribution in [0.25, 0.3) is 24.3 Å². The van der Waals surface area contributed by atoms with E-state index in [9.17, 15) is 47.9 Å². The van der Waals surface area contributed by atoms with Gasteiger partial charge in [0.1, 0.15) is 48.8 Å². The molecule has 0 spiro atoms. The van der Waals surface area contributed by atoms with Crippen LogP contribution in [0.4, 0.5) is 11.4 Å². The molecular weight excluding hydrogens is 1610 g/mol. The molecule has 0 saturated carbocycles. The summed E-state index contributed by atoms with van der Waals surface area (Å²) in [5, 5.41) is 0. The third-order valence-electron chi connectivity index (χ3n) is 21.0. The van der Waals surface area contributed by atoms with Gasteiger partial charge in [-0.25, -0.2) is 47.9 Å². The Bertz CT molecular complexity index is 4200. The first-order chi connectivity index (χ1) is 60.5. The molecule has 6 aromatic rings. The number of hydrogen-bond donors (Lipinski definition) is 2. The Labute approximate surface area is 739 Å². The highest BCUT2D eigenvalue weighted by atomic mass is 16.6. The molecule has 26 heteroatoms.